The smallest absolute Gasteiger partial charge is 0.299 e. The molecule has 0 saturated carbocycles. The molecule has 0 spiro atoms. The molecule has 7 heteroatoms. The molecule has 17 heavy (non-hydrogen) atoms. The molecule has 0 radical (unpaired) electrons. The number of rotatable bonds is 4. The number of sulfone groups is 1. The zero-order valence-corrected chi connectivity index (χ0v) is 10.4. The van der Waals surface area contributed by atoms with Crippen LogP contribution in [0, 0.1) is 0 Å². The minimum atomic E-state index is -3.43. The third kappa shape index (κ3) is 2.06. The van der Waals surface area contributed by atoms with E-state index in [-0.39, 0.29) is 23.1 Å². The lowest BCUT2D eigenvalue weighted by molar-refractivity contribution is -0.121. The van der Waals surface area contributed by atoms with Gasteiger partial charge in [0.05, 0.1) is 5.75 Å². The molecule has 0 saturated heterocycles. The summed E-state index contributed by atoms with van der Waals surface area (Å²) in [6.45, 7) is 2.38. The van der Waals surface area contributed by atoms with E-state index >= 15 is 0 Å². The van der Waals surface area contributed by atoms with Crippen molar-refractivity contribution in [1.82, 2.24) is 9.55 Å². The van der Waals surface area contributed by atoms with Gasteiger partial charge in [-0.05, 0) is 12.8 Å². The van der Waals surface area contributed by atoms with Crippen LogP contribution < -0.4 is 4.74 Å². The van der Waals surface area contributed by atoms with Crippen molar-refractivity contribution in [1.29, 1.82) is 0 Å². The Balaban J connectivity index is 2.61. The molecule has 0 atom stereocenters. The van der Waals surface area contributed by atoms with E-state index in [4.69, 9.17) is 0 Å². The molecule has 2 heterocycles. The van der Waals surface area contributed by atoms with Crippen molar-refractivity contribution < 1.29 is 17.9 Å². The van der Waals surface area contributed by atoms with Gasteiger partial charge in [-0.2, -0.15) is 4.98 Å². The van der Waals surface area contributed by atoms with Crippen LogP contribution in [0.2, 0.25) is 0 Å². The number of nitrogens with zero attached hydrogens (tertiary/aromatic N) is 2. The lowest BCUT2D eigenvalue weighted by Gasteiger charge is -2.15. The van der Waals surface area contributed by atoms with E-state index < -0.39 is 9.84 Å². The molecule has 2 rings (SSSR count). The van der Waals surface area contributed by atoms with Crippen LogP contribution in [-0.4, -0.2) is 30.2 Å². The Labute approximate surface area is 99.5 Å². The summed E-state index contributed by atoms with van der Waals surface area (Å²) in [6, 6.07) is 0. The highest BCUT2D eigenvalue weighted by molar-refractivity contribution is 7.91. The first kappa shape index (κ1) is 12.1. The highest BCUT2D eigenvalue weighted by Crippen LogP contribution is 2.29. The number of aryl methyl sites for hydroxylation is 1. The minimum absolute atomic E-state index is 0.0344. The van der Waals surface area contributed by atoms with Gasteiger partial charge in [0, 0.05) is 13.0 Å². The maximum absolute atomic E-state index is 12.0. The van der Waals surface area contributed by atoms with Gasteiger partial charge in [-0.3, -0.25) is 4.79 Å². The van der Waals surface area contributed by atoms with E-state index in [0.717, 1.165) is 12.8 Å². The predicted molar refractivity (Wildman–Crippen MR) is 59.6 cm³/mol. The second-order valence-electron chi connectivity index (χ2n) is 3.86. The molecular weight excluding hydrogens is 244 g/mol. The van der Waals surface area contributed by atoms with Crippen LogP contribution in [0.3, 0.4) is 0 Å². The summed E-state index contributed by atoms with van der Waals surface area (Å²) in [5, 5.41) is 0.0433. The largest absolute Gasteiger partial charge is 0.406 e. The summed E-state index contributed by atoms with van der Waals surface area (Å²) < 4.78 is 30.3. The van der Waals surface area contributed by atoms with Gasteiger partial charge in [-0.25, -0.2) is 8.42 Å². The first-order chi connectivity index (χ1) is 8.10. The Bertz CT molecular complexity index is 533. The van der Waals surface area contributed by atoms with Gasteiger partial charge >= 0.3 is 0 Å². The lowest BCUT2D eigenvalue weighted by Crippen LogP contribution is -2.17. The maximum Gasteiger partial charge on any atom is 0.299 e. The Morgan fingerprint density at radius 3 is 2.88 bits per heavy atom. The van der Waals surface area contributed by atoms with Crippen LogP contribution in [0.15, 0.2) is 5.03 Å². The first-order valence-corrected chi connectivity index (χ1v) is 7.18. The average molecular weight is 258 g/mol. The van der Waals surface area contributed by atoms with Crippen LogP contribution in [0.25, 0.3) is 0 Å². The van der Waals surface area contributed by atoms with Crippen molar-refractivity contribution in [3.8, 4) is 5.88 Å². The van der Waals surface area contributed by atoms with Gasteiger partial charge < -0.3 is 9.30 Å². The highest BCUT2D eigenvalue weighted by atomic mass is 32.2. The van der Waals surface area contributed by atoms with Gasteiger partial charge in [0.25, 0.3) is 12.4 Å². The highest BCUT2D eigenvalue weighted by Gasteiger charge is 2.29. The molecule has 0 amide bonds. The zero-order chi connectivity index (χ0) is 12.5. The molecular formula is C10H14N2O4S. The fourth-order valence-electron chi connectivity index (χ4n) is 1.99. The van der Waals surface area contributed by atoms with Crippen molar-refractivity contribution in [3.05, 3.63) is 5.82 Å². The summed E-state index contributed by atoms with van der Waals surface area (Å²) in [7, 11) is -3.43. The monoisotopic (exact) mass is 258 g/mol. The minimum Gasteiger partial charge on any atom is -0.406 e. The maximum atomic E-state index is 12.0. The summed E-state index contributed by atoms with van der Waals surface area (Å²) in [5.41, 5.74) is 0. The van der Waals surface area contributed by atoms with E-state index in [2.05, 4.69) is 9.72 Å². The number of hydrogen-bond acceptors (Lipinski definition) is 5. The predicted octanol–water partition coefficient (Wildman–Crippen LogP) is 0.548. The molecule has 0 unspecified atom stereocenters. The molecule has 0 fully saturated rings. The van der Waals surface area contributed by atoms with E-state index in [1.54, 1.807) is 11.5 Å². The number of fused-ring (bicyclic) bond motifs is 1. The molecule has 6 nitrogen and oxygen atoms in total. The van der Waals surface area contributed by atoms with Crippen LogP contribution in [0.4, 0.5) is 0 Å². The summed E-state index contributed by atoms with van der Waals surface area (Å²) in [4.78, 5) is 14.5. The molecule has 0 bridgehead atoms. The van der Waals surface area contributed by atoms with Gasteiger partial charge in [0.2, 0.25) is 0 Å². The SMILES string of the molecule is CCS(=O)(=O)c1c(OC=O)nc2n1CCCC2. The molecule has 1 aliphatic heterocycles. The lowest BCUT2D eigenvalue weighted by atomic mass is 10.2. The molecule has 0 aliphatic carbocycles. The number of carbonyl (C=O) groups excluding carboxylic acids is 1. The van der Waals surface area contributed by atoms with Crippen LogP contribution in [-0.2, 0) is 27.6 Å². The van der Waals surface area contributed by atoms with Crippen molar-refractivity contribution in [2.24, 2.45) is 0 Å². The van der Waals surface area contributed by atoms with Crippen LogP contribution in [0.1, 0.15) is 25.6 Å². The summed E-state index contributed by atoms with van der Waals surface area (Å²) in [5.74, 6) is 0.562. The number of ether oxygens (including phenoxy) is 1. The quantitative estimate of drug-likeness (QED) is 0.737. The standard InChI is InChI=1S/C10H14N2O4S/c1-2-17(14,15)10-9(16-7-13)11-8-5-3-4-6-12(8)10/h7H,2-6H2,1H3. The second-order valence-corrected chi connectivity index (χ2v) is 6.06. The first-order valence-electron chi connectivity index (χ1n) is 5.52. The molecule has 1 aliphatic rings. The van der Waals surface area contributed by atoms with Gasteiger partial charge in [-0.1, -0.05) is 6.92 Å². The van der Waals surface area contributed by atoms with E-state index in [0.29, 0.717) is 18.8 Å². The topological polar surface area (TPSA) is 78.3 Å². The summed E-state index contributed by atoms with van der Waals surface area (Å²) >= 11 is 0. The molecule has 0 aromatic carbocycles. The van der Waals surface area contributed by atoms with E-state index in [1.807, 2.05) is 0 Å². The van der Waals surface area contributed by atoms with Crippen LogP contribution in [0.5, 0.6) is 5.88 Å². The third-order valence-electron chi connectivity index (χ3n) is 2.84. The van der Waals surface area contributed by atoms with Crippen molar-refractivity contribution >= 4 is 16.3 Å². The Morgan fingerprint density at radius 2 is 2.24 bits per heavy atom. The number of imidazole rings is 1. The second kappa shape index (κ2) is 4.48. The molecule has 0 N–H and O–H groups in total. The third-order valence-corrected chi connectivity index (χ3v) is 4.58. The average Bonchev–Trinajstić information content (AvgIpc) is 2.68. The van der Waals surface area contributed by atoms with Crippen molar-refractivity contribution in [2.75, 3.05) is 5.75 Å². The van der Waals surface area contributed by atoms with Crippen LogP contribution >= 0.6 is 0 Å². The molecule has 94 valence electrons. The van der Waals surface area contributed by atoms with E-state index in [1.165, 1.54) is 0 Å². The van der Waals surface area contributed by atoms with E-state index in [9.17, 15) is 13.2 Å². The number of aromatic nitrogens is 2. The molecule has 1 aromatic heterocycles. The molecule has 1 aromatic rings. The zero-order valence-electron chi connectivity index (χ0n) is 9.55. The Hall–Kier alpha value is -1.37. The van der Waals surface area contributed by atoms with Crippen molar-refractivity contribution in [2.45, 2.75) is 37.8 Å². The fraction of sp³-hybridized carbons (Fsp3) is 0.600. The summed E-state index contributed by atoms with van der Waals surface area (Å²) in [6.07, 6.45) is 2.60. The Morgan fingerprint density at radius 1 is 1.47 bits per heavy atom. The van der Waals surface area contributed by atoms with Gasteiger partial charge in [0.1, 0.15) is 5.82 Å². The number of hydrogen-bond donors (Lipinski definition) is 0. The van der Waals surface area contributed by atoms with Gasteiger partial charge in [-0.15, -0.1) is 0 Å². The fourth-order valence-corrected chi connectivity index (χ4v) is 3.16. The Kier molecular flexibility index (Phi) is 3.19. The van der Waals surface area contributed by atoms with Crippen molar-refractivity contribution in [3.63, 3.8) is 0 Å². The number of carbonyl (C=O) groups is 1. The van der Waals surface area contributed by atoms with Gasteiger partial charge in [0.15, 0.2) is 14.9 Å². The normalized spacial score (nSPS) is 15.4.